The molecule has 18 atom stereocenters. The van der Waals surface area contributed by atoms with Crippen molar-refractivity contribution in [2.45, 2.75) is 184 Å². The van der Waals surface area contributed by atoms with Gasteiger partial charge in [0.15, 0.2) is 41.5 Å². The summed E-state index contributed by atoms with van der Waals surface area (Å²) in [6.45, 7) is 9.20. The molecule has 0 aromatic heterocycles. The van der Waals surface area contributed by atoms with E-state index < -0.39 is 250 Å². The largest absolute Gasteiger partial charge is 0.508 e. The first-order chi connectivity index (χ1) is 51.1. The predicted molar refractivity (Wildman–Crippen MR) is 378 cm³/mol. The lowest BCUT2D eigenvalue weighted by atomic mass is 9.84. The number of nitrogens with one attached hydrogen (secondary N) is 5. The average molecular weight is 1550 g/mol. The molecule has 108 heavy (non-hydrogen) atoms. The molecule has 2 saturated heterocycles. The van der Waals surface area contributed by atoms with Gasteiger partial charge in [0.05, 0.1) is 40.7 Å². The highest BCUT2D eigenvalue weighted by molar-refractivity contribution is 6.32. The number of Topliss-reactive ketones (excluding diaryl/α,β-unsaturated/α-hetero) is 2. The average Bonchev–Trinajstić information content (AvgIpc) is 0.767. The topological polar surface area (TPSA) is 507 Å². The van der Waals surface area contributed by atoms with Crippen LogP contribution in [0.3, 0.4) is 0 Å². The molecule has 11 bridgehead atoms. The Labute approximate surface area is 628 Å². The van der Waals surface area contributed by atoms with E-state index in [-0.39, 0.29) is 71.5 Å². The number of ketones is 2. The molecule has 17 N–H and O–H groups in total. The Morgan fingerprint density at radius 2 is 1.39 bits per heavy atom. The number of phenols is 3. The molecule has 0 radical (unpaired) electrons. The molecule has 5 amide bonds. The molecule has 5 aromatic rings. The Hall–Kier alpha value is -9.29. The third kappa shape index (κ3) is 17.9. The highest BCUT2D eigenvalue weighted by atomic mass is 35.5. The van der Waals surface area contributed by atoms with Gasteiger partial charge in [-0.2, -0.15) is 0 Å². The van der Waals surface area contributed by atoms with Gasteiger partial charge in [0.2, 0.25) is 41.6 Å². The van der Waals surface area contributed by atoms with Crippen LogP contribution in [0.25, 0.3) is 11.1 Å². The first-order valence-corrected chi connectivity index (χ1v) is 35.7. The number of aromatic hydroxyl groups is 3. The molecule has 7 heterocycles. The summed E-state index contributed by atoms with van der Waals surface area (Å²) in [5.41, 5.74) is 2.07. The third-order valence-corrected chi connectivity index (χ3v) is 20.3. The van der Waals surface area contributed by atoms with E-state index in [1.165, 1.54) is 25.1 Å². The summed E-state index contributed by atoms with van der Waals surface area (Å²) >= 11 is 14.2. The van der Waals surface area contributed by atoms with Crippen molar-refractivity contribution in [2.75, 3.05) is 19.8 Å². The summed E-state index contributed by atoms with van der Waals surface area (Å²) in [6, 6.07) is 5.54. The number of carbonyl (C=O) groups is 9. The van der Waals surface area contributed by atoms with Gasteiger partial charge in [-0.15, -0.1) is 0 Å². The second kappa shape index (κ2) is 34.1. The number of hydrogen-bond acceptors (Lipinski definition) is 26. The molecule has 2 fully saturated rings. The van der Waals surface area contributed by atoms with Crippen molar-refractivity contribution in [1.82, 2.24) is 26.6 Å². The number of fused-ring (bicyclic) bond motifs is 15. The van der Waals surface area contributed by atoms with Crippen LogP contribution in [0.2, 0.25) is 10.0 Å². The number of esters is 1. The van der Waals surface area contributed by atoms with Crippen LogP contribution in [0, 0.1) is 17.8 Å². The maximum atomic E-state index is 16.3. The summed E-state index contributed by atoms with van der Waals surface area (Å²) in [6.07, 6.45) is -20.0. The van der Waals surface area contributed by atoms with Gasteiger partial charge in [-0.25, -0.2) is 4.79 Å². The smallest absolute Gasteiger partial charge is 0.330 e. The number of aliphatic carboxylic acids is 1. The van der Waals surface area contributed by atoms with Crippen LogP contribution in [-0.4, -0.2) is 191 Å². The fourth-order valence-electron chi connectivity index (χ4n) is 14.0. The maximum absolute atomic E-state index is 16.3. The van der Waals surface area contributed by atoms with Crippen molar-refractivity contribution in [3.63, 3.8) is 0 Å². The van der Waals surface area contributed by atoms with E-state index in [1.54, 1.807) is 20.8 Å². The number of carbonyl (C=O) groups excluding carboxylic acids is 8. The number of ether oxygens (including phenoxy) is 7. The van der Waals surface area contributed by atoms with E-state index in [4.69, 9.17) is 62.1 Å². The zero-order valence-corrected chi connectivity index (χ0v) is 60.8. The van der Waals surface area contributed by atoms with Gasteiger partial charge in [-0.05, 0) is 109 Å². The van der Waals surface area contributed by atoms with Crippen molar-refractivity contribution in [1.29, 1.82) is 0 Å². The van der Waals surface area contributed by atoms with E-state index in [0.717, 1.165) is 60.7 Å². The molecule has 12 rings (SSSR count). The van der Waals surface area contributed by atoms with Crippen molar-refractivity contribution in [3.05, 3.63) is 117 Å². The van der Waals surface area contributed by atoms with Crippen molar-refractivity contribution in [3.8, 4) is 57.1 Å². The van der Waals surface area contributed by atoms with Crippen LogP contribution < -0.4 is 46.5 Å². The summed E-state index contributed by atoms with van der Waals surface area (Å²) in [7, 11) is 0. The van der Waals surface area contributed by atoms with Gasteiger partial charge in [0.1, 0.15) is 84.0 Å². The van der Waals surface area contributed by atoms with Crippen molar-refractivity contribution >= 4 is 76.2 Å². The molecular formula is C74H86Cl2N6O26. The summed E-state index contributed by atoms with van der Waals surface area (Å²) in [5, 5.41) is 128. The lowest BCUT2D eigenvalue weighted by Gasteiger charge is -2.48. The summed E-state index contributed by atoms with van der Waals surface area (Å²) < 4.78 is 44.3. The number of aliphatic hydroxyl groups excluding tert-OH is 6. The van der Waals surface area contributed by atoms with Gasteiger partial charge >= 0.3 is 11.9 Å². The molecule has 34 heteroatoms. The van der Waals surface area contributed by atoms with E-state index in [0.29, 0.717) is 6.42 Å². The molecule has 5 aromatic carbocycles. The number of carboxylic acid groups (broad SMARTS) is 1. The SMILES string of the molecule is CCC(=O)OCCN[C@@]1(C)C[C@H](O[C@H]2[C@H](Oc3c4cc5cc3Oc3ccc(cc3Cl)[C@@H](O)[C@@H](NC(=O)[C@H](CC)CC(C)C)C(=O)C[C@@H](CC(N)=O)C(=O)N[C@H]5C(=O)C[C@H]3C(=O)N[C@H](C(=O)N[C@@H](C(=O)O)c5cc(O)cc(O)c5-c5cc3ccc5O)[C@H](O)c3ccc(c(Cl)c3)O4)O[C@H](CO)[C@@H](O)[C@@H]2O)O[C@@H](C)[C@H]1O. The van der Waals surface area contributed by atoms with Crippen LogP contribution in [-0.2, 0) is 62.1 Å². The Morgan fingerprint density at radius 3 is 1.99 bits per heavy atom. The number of nitrogens with two attached hydrogens (primary N) is 1. The van der Waals surface area contributed by atoms with Gasteiger partial charge in [0, 0.05) is 72.9 Å². The highest BCUT2D eigenvalue weighted by Gasteiger charge is 2.52. The van der Waals surface area contributed by atoms with Gasteiger partial charge in [0.25, 0.3) is 0 Å². The van der Waals surface area contributed by atoms with E-state index in [2.05, 4.69) is 26.6 Å². The standard InChI is InChI=1S/C74H86Cl2N6O26/c1-7-32(17-30(3)4)68(96)81-59-46(87)21-37(24-53(77)89)69(97)79-57-36-22-50(104-48-13-10-34(61(59)91)19-42(48)75)65(108-73-66(64(94)63(93)52(29-83)106-73)107-55-28-74(6,67(95)31(5)103-55)78-15-16-102-54(90)8-2)51(23-36)105-49-14-11-35(20-43(49)76)62(92)60-71(99)80-58(72(100)101)41-25-38(84)26-45(86)56(41)40-18-33(9-12-44(40)85)39(27-47(57)88)70(98)82-60/h9-14,18-20,22-23,25-26,30-32,37,39,52,55,57-64,66-67,73,78,83-86,91-95H,7-8,15-17,21,24,27-29H2,1-6H3,(H2,77,89)(H,79,97)(H,80,99)(H,81,96)(H,82,98)(H,100,101)/t31-,32+,37-,39+,52+,55-,57+,58+,59-,60-,61+,62+,63+,64-,66+,67+,73-,74-/m0/s1. The number of hydrogen-bond donors (Lipinski definition) is 16. The number of rotatable bonds is 18. The monoisotopic (exact) mass is 1540 g/mol. The quantitative estimate of drug-likeness (QED) is 0.0433. The van der Waals surface area contributed by atoms with Crippen LogP contribution in [0.15, 0.2) is 78.9 Å². The highest BCUT2D eigenvalue weighted by Crippen LogP contribution is 2.50. The maximum Gasteiger partial charge on any atom is 0.330 e. The third-order valence-electron chi connectivity index (χ3n) is 19.8. The van der Waals surface area contributed by atoms with E-state index in [1.807, 2.05) is 13.8 Å². The van der Waals surface area contributed by atoms with Crippen LogP contribution in [0.4, 0.5) is 0 Å². The molecule has 7 aliphatic rings. The number of carboxylic acids is 1. The number of halogens is 2. The summed E-state index contributed by atoms with van der Waals surface area (Å²) in [4.78, 5) is 130. The van der Waals surface area contributed by atoms with Gasteiger partial charge < -0.3 is 117 Å². The molecule has 0 spiro atoms. The number of phenolic OH excluding ortho intramolecular Hbond substituents is 3. The predicted octanol–water partition coefficient (Wildman–Crippen LogP) is 4.10. The molecule has 0 aliphatic carbocycles. The molecule has 0 saturated carbocycles. The van der Waals surface area contributed by atoms with E-state index >= 15 is 19.2 Å². The lowest BCUT2D eigenvalue weighted by Crippen LogP contribution is -2.65. The second-order valence-electron chi connectivity index (χ2n) is 28.0. The number of primary amides is 1. The Kier molecular flexibility index (Phi) is 25.6. The molecular weight excluding hydrogens is 1460 g/mol. The first-order valence-electron chi connectivity index (χ1n) is 35.0. The zero-order valence-electron chi connectivity index (χ0n) is 59.3. The second-order valence-corrected chi connectivity index (χ2v) is 28.8. The Balaban J connectivity index is 1.22. The molecule has 32 nitrogen and oxygen atoms in total. The number of aliphatic hydroxyl groups is 6. The Bertz CT molecular complexity index is 4280. The van der Waals surface area contributed by atoms with Crippen molar-refractivity contribution < 1.29 is 127 Å². The normalized spacial score (nSPS) is 28.4. The van der Waals surface area contributed by atoms with Crippen molar-refractivity contribution in [2.24, 2.45) is 23.5 Å². The minimum Gasteiger partial charge on any atom is -0.508 e. The van der Waals surface area contributed by atoms with E-state index in [9.17, 15) is 75.0 Å². The van der Waals surface area contributed by atoms with Crippen LogP contribution >= 0.6 is 23.2 Å². The van der Waals surface area contributed by atoms with Gasteiger partial charge in [-0.1, -0.05) is 69.1 Å². The fraction of sp³-hybridized carbons (Fsp3) is 0.473. The lowest BCUT2D eigenvalue weighted by molar-refractivity contribution is -0.334. The number of benzene rings is 5. The zero-order chi connectivity index (χ0) is 78.7. The Morgan fingerprint density at radius 1 is 0.741 bits per heavy atom. The molecule has 582 valence electrons. The van der Waals surface area contributed by atoms with Crippen LogP contribution in [0.1, 0.15) is 145 Å². The first kappa shape index (κ1) is 81.2. The molecule has 0 unspecified atom stereocenters. The minimum absolute atomic E-state index is 0.0246. The summed E-state index contributed by atoms with van der Waals surface area (Å²) in [5.74, 6) is -19.6. The minimum atomic E-state index is -2.26. The fourth-order valence-corrected chi connectivity index (χ4v) is 14.4. The van der Waals surface area contributed by atoms with Crippen LogP contribution in [0.5, 0.6) is 46.0 Å². The van der Waals surface area contributed by atoms with Gasteiger partial charge in [-0.3, -0.25) is 38.4 Å². The number of amides is 5. The molecule has 7 aliphatic heterocycles.